The minimum absolute atomic E-state index is 0.0205. The van der Waals surface area contributed by atoms with Crippen LogP contribution in [-0.4, -0.2) is 47.7 Å². The molecule has 3 aromatic rings. The van der Waals surface area contributed by atoms with Gasteiger partial charge in [-0.05, 0) is 25.0 Å². The zero-order valence-corrected chi connectivity index (χ0v) is 19.1. The van der Waals surface area contributed by atoms with Crippen molar-refractivity contribution in [3.8, 4) is 23.3 Å². The van der Waals surface area contributed by atoms with Crippen LogP contribution in [-0.2, 0) is 4.79 Å². The van der Waals surface area contributed by atoms with E-state index in [1.54, 1.807) is 17.3 Å². The maximum Gasteiger partial charge on any atom is 0.246 e. The third kappa shape index (κ3) is 3.81. The molecule has 9 heteroatoms. The Balaban J connectivity index is 1.86. The second kappa shape index (κ2) is 9.06. The molecule has 2 N–H and O–H groups in total. The van der Waals surface area contributed by atoms with Gasteiger partial charge in [0.05, 0.1) is 36.7 Å². The Morgan fingerprint density at radius 1 is 1.26 bits per heavy atom. The number of rotatable bonds is 4. The summed E-state index contributed by atoms with van der Waals surface area (Å²) in [7, 11) is 2.55. The number of carbonyl (C=O) groups excluding carboxylic acids is 1. The van der Waals surface area contributed by atoms with Gasteiger partial charge in [0.2, 0.25) is 5.91 Å². The fraction of sp³-hybridized carbons (Fsp3) is 0.280. The van der Waals surface area contributed by atoms with E-state index in [2.05, 4.69) is 23.4 Å². The molecule has 176 valence electrons. The van der Waals surface area contributed by atoms with Gasteiger partial charge in [0.15, 0.2) is 23.1 Å². The maximum absolute atomic E-state index is 14.8. The first-order chi connectivity index (χ1) is 16.3. The van der Waals surface area contributed by atoms with Crippen molar-refractivity contribution in [2.45, 2.75) is 19.4 Å². The van der Waals surface area contributed by atoms with E-state index in [4.69, 9.17) is 15.2 Å². The first-order valence-electron chi connectivity index (χ1n) is 10.6. The smallest absolute Gasteiger partial charge is 0.246 e. The van der Waals surface area contributed by atoms with Crippen LogP contribution < -0.4 is 15.2 Å². The van der Waals surface area contributed by atoms with Crippen molar-refractivity contribution < 1.29 is 23.0 Å². The first kappa shape index (κ1) is 23.1. The number of nitrogens with two attached hydrogens (primary N) is 1. The zero-order valence-electron chi connectivity index (χ0n) is 19.1. The fourth-order valence-corrected chi connectivity index (χ4v) is 4.28. The third-order valence-electron chi connectivity index (χ3n) is 6.00. The molecule has 7 nitrogen and oxygen atoms in total. The van der Waals surface area contributed by atoms with Gasteiger partial charge in [-0.1, -0.05) is 18.4 Å². The van der Waals surface area contributed by atoms with Gasteiger partial charge in [0.1, 0.15) is 11.4 Å². The Labute approximate surface area is 195 Å². The summed E-state index contributed by atoms with van der Waals surface area (Å²) in [4.78, 5) is 18.0. The maximum atomic E-state index is 14.8. The molecular weight excluding hydrogens is 442 g/mol. The van der Waals surface area contributed by atoms with Crippen LogP contribution >= 0.6 is 0 Å². The lowest BCUT2D eigenvalue weighted by atomic mass is 10.1. The predicted octanol–water partition coefficient (Wildman–Crippen LogP) is 3.58. The molecule has 1 aliphatic heterocycles. The molecule has 2 aromatic heterocycles. The Bertz CT molecular complexity index is 1340. The highest BCUT2D eigenvalue weighted by atomic mass is 19.1. The van der Waals surface area contributed by atoms with Crippen LogP contribution in [0, 0.1) is 30.4 Å². The number of ether oxygens (including phenoxy) is 2. The van der Waals surface area contributed by atoms with Gasteiger partial charge in [0.25, 0.3) is 0 Å². The number of aryl methyl sites for hydroxylation is 1. The van der Waals surface area contributed by atoms with Crippen molar-refractivity contribution in [3.05, 3.63) is 59.4 Å². The highest BCUT2D eigenvalue weighted by molar-refractivity contribution is 5.97. The van der Waals surface area contributed by atoms with Crippen LogP contribution in [0.3, 0.4) is 0 Å². The summed E-state index contributed by atoms with van der Waals surface area (Å²) < 4.78 is 41.6. The highest BCUT2D eigenvalue weighted by Gasteiger charge is 2.28. The van der Waals surface area contributed by atoms with E-state index in [1.165, 1.54) is 20.3 Å². The lowest BCUT2D eigenvalue weighted by Crippen LogP contribution is -2.27. The molecule has 0 unspecified atom stereocenters. The number of likely N-dealkylation sites (tertiary alicyclic amines) is 1. The number of halogens is 2. The number of fused-ring (bicyclic) bond motifs is 1. The summed E-state index contributed by atoms with van der Waals surface area (Å²) in [5, 5.41) is 0.594. The van der Waals surface area contributed by atoms with Crippen molar-refractivity contribution >= 4 is 22.6 Å². The molecule has 0 saturated carbocycles. The molecule has 0 aliphatic carbocycles. The number of pyridine rings is 1. The van der Waals surface area contributed by atoms with Gasteiger partial charge >= 0.3 is 0 Å². The summed E-state index contributed by atoms with van der Waals surface area (Å²) in [5.74, 6) is 3.38. The van der Waals surface area contributed by atoms with Crippen LogP contribution in [0.25, 0.3) is 10.9 Å². The van der Waals surface area contributed by atoms with Crippen LogP contribution in [0.4, 0.5) is 14.6 Å². The van der Waals surface area contributed by atoms with Gasteiger partial charge in [-0.3, -0.25) is 4.79 Å². The van der Waals surface area contributed by atoms with Crippen molar-refractivity contribution in [2.75, 3.05) is 33.0 Å². The van der Waals surface area contributed by atoms with Crippen molar-refractivity contribution in [1.82, 2.24) is 14.5 Å². The third-order valence-corrected chi connectivity index (χ3v) is 6.00. The number of nitrogens with zero attached hydrogens (tertiary/aromatic N) is 3. The molecule has 1 saturated heterocycles. The van der Waals surface area contributed by atoms with Crippen LogP contribution in [0.5, 0.6) is 11.5 Å². The van der Waals surface area contributed by atoms with E-state index in [-0.39, 0.29) is 29.3 Å². The molecule has 34 heavy (non-hydrogen) atoms. The average Bonchev–Trinajstić information content (AvgIpc) is 3.47. The van der Waals surface area contributed by atoms with Crippen molar-refractivity contribution in [2.24, 2.45) is 0 Å². The summed E-state index contributed by atoms with van der Waals surface area (Å²) in [6.45, 7) is 6.55. The second-order valence-electron chi connectivity index (χ2n) is 7.97. The van der Waals surface area contributed by atoms with E-state index in [9.17, 15) is 13.6 Å². The Morgan fingerprint density at radius 2 is 1.94 bits per heavy atom. The Hall–Kier alpha value is -4.06. The van der Waals surface area contributed by atoms with Gasteiger partial charge < -0.3 is 24.7 Å². The van der Waals surface area contributed by atoms with Crippen LogP contribution in [0.15, 0.2) is 31.1 Å². The number of methoxy groups -OCH3 is 2. The molecule has 1 fully saturated rings. The van der Waals surface area contributed by atoms with Gasteiger partial charge in [-0.15, -0.1) is 0 Å². The number of hydrogen-bond donors (Lipinski definition) is 1. The summed E-state index contributed by atoms with van der Waals surface area (Å²) >= 11 is 0. The second-order valence-corrected chi connectivity index (χ2v) is 7.97. The van der Waals surface area contributed by atoms with Crippen molar-refractivity contribution in [1.29, 1.82) is 0 Å². The molecule has 1 aromatic carbocycles. The Morgan fingerprint density at radius 3 is 2.56 bits per heavy atom. The van der Waals surface area contributed by atoms with E-state index in [0.29, 0.717) is 24.0 Å². The largest absolute Gasteiger partial charge is 0.493 e. The lowest BCUT2D eigenvalue weighted by molar-refractivity contribution is -0.125. The number of anilines is 1. The molecule has 1 amide bonds. The summed E-state index contributed by atoms with van der Waals surface area (Å²) in [6, 6.07) is 1.11. The highest BCUT2D eigenvalue weighted by Crippen LogP contribution is 2.34. The lowest BCUT2D eigenvalue weighted by Gasteiger charge is -2.17. The molecule has 4 rings (SSSR count). The number of benzene rings is 1. The molecule has 1 aliphatic rings. The normalized spacial score (nSPS) is 15.2. The van der Waals surface area contributed by atoms with Gasteiger partial charge in [-0.2, -0.15) is 0 Å². The monoisotopic (exact) mass is 466 g/mol. The summed E-state index contributed by atoms with van der Waals surface area (Å²) in [6.07, 6.45) is 5.49. The minimum Gasteiger partial charge on any atom is -0.493 e. The zero-order chi connectivity index (χ0) is 24.6. The number of amides is 1. The number of carbonyl (C=O) groups is 1. The fourth-order valence-electron chi connectivity index (χ4n) is 4.28. The average molecular weight is 466 g/mol. The molecule has 0 spiro atoms. The van der Waals surface area contributed by atoms with Crippen LogP contribution in [0.1, 0.15) is 29.2 Å². The SMILES string of the molecule is C=CC(=O)N1CC[C@H](n2cc(C#Cc3c(F)c(OC)cc(OC)c3F)c3c(N)ncc(C)c32)C1. The number of nitrogen functional groups attached to an aromatic ring is 1. The topological polar surface area (TPSA) is 82.6 Å². The van der Waals surface area contributed by atoms with E-state index >= 15 is 0 Å². The number of hydrogen-bond acceptors (Lipinski definition) is 5. The first-order valence-corrected chi connectivity index (χ1v) is 10.6. The van der Waals surface area contributed by atoms with Crippen LogP contribution in [0.2, 0.25) is 0 Å². The molecular formula is C25H24F2N4O3. The standard InChI is InChI=1S/C25H24F2N4O3/c1-5-20(32)30-9-8-16(13-30)31-12-15(21-24(31)14(2)11-29-25(21)28)6-7-17-22(26)18(33-3)10-19(34-4)23(17)27/h5,10-12,16H,1,8-9,13H2,2-4H3,(H2,28,29)/t16-/m0/s1. The molecule has 3 heterocycles. The van der Waals surface area contributed by atoms with Gasteiger partial charge in [-0.25, -0.2) is 13.8 Å². The van der Waals surface area contributed by atoms with E-state index < -0.39 is 17.2 Å². The predicted molar refractivity (Wildman–Crippen MR) is 125 cm³/mol. The number of aromatic nitrogens is 2. The quantitative estimate of drug-likeness (QED) is 0.470. The Kier molecular flexibility index (Phi) is 6.16. The van der Waals surface area contributed by atoms with E-state index in [1.807, 2.05) is 11.5 Å². The van der Waals surface area contributed by atoms with Gasteiger partial charge in [0, 0.05) is 31.5 Å². The molecule has 1 atom stereocenters. The molecule has 0 radical (unpaired) electrons. The summed E-state index contributed by atoms with van der Waals surface area (Å²) in [5.41, 5.74) is 7.88. The minimum atomic E-state index is -0.923. The molecule has 0 bridgehead atoms. The van der Waals surface area contributed by atoms with Crippen molar-refractivity contribution in [3.63, 3.8) is 0 Å². The van der Waals surface area contributed by atoms with E-state index in [0.717, 1.165) is 23.6 Å².